The summed E-state index contributed by atoms with van der Waals surface area (Å²) in [5.41, 5.74) is 7.17. The summed E-state index contributed by atoms with van der Waals surface area (Å²) in [5, 5.41) is 0. The SMILES string of the molecule is COc1ncccc1/C=C(/C)N. The molecule has 0 aliphatic rings. The van der Waals surface area contributed by atoms with Crippen molar-refractivity contribution in [3.8, 4) is 5.88 Å². The monoisotopic (exact) mass is 164 g/mol. The van der Waals surface area contributed by atoms with E-state index in [1.165, 1.54) is 0 Å². The van der Waals surface area contributed by atoms with Crippen molar-refractivity contribution >= 4 is 6.08 Å². The average Bonchev–Trinajstić information content (AvgIpc) is 2.04. The Balaban J connectivity index is 3.05. The minimum absolute atomic E-state index is 0.599. The Morgan fingerprint density at radius 3 is 3.00 bits per heavy atom. The van der Waals surface area contributed by atoms with Crippen LogP contribution in [0.4, 0.5) is 0 Å². The van der Waals surface area contributed by atoms with E-state index in [0.717, 1.165) is 11.3 Å². The standard InChI is InChI=1S/C9H12N2O/c1-7(10)6-8-4-3-5-11-9(8)12-2/h3-6H,10H2,1-2H3/b7-6-. The van der Waals surface area contributed by atoms with Crippen molar-refractivity contribution in [1.29, 1.82) is 0 Å². The molecule has 0 bridgehead atoms. The summed E-state index contributed by atoms with van der Waals surface area (Å²) in [6.45, 7) is 1.83. The number of hydrogen-bond donors (Lipinski definition) is 1. The van der Waals surface area contributed by atoms with E-state index in [2.05, 4.69) is 4.98 Å². The Bertz CT molecular complexity index is 290. The smallest absolute Gasteiger partial charge is 0.220 e. The molecule has 0 saturated carbocycles. The molecule has 0 aromatic carbocycles. The van der Waals surface area contributed by atoms with Crippen LogP contribution in [0.5, 0.6) is 5.88 Å². The Morgan fingerprint density at radius 2 is 2.42 bits per heavy atom. The molecule has 0 spiro atoms. The predicted octanol–water partition coefficient (Wildman–Crippen LogP) is 1.41. The van der Waals surface area contributed by atoms with E-state index in [-0.39, 0.29) is 0 Å². The number of hydrogen-bond acceptors (Lipinski definition) is 3. The van der Waals surface area contributed by atoms with Crippen LogP contribution in [0.15, 0.2) is 24.0 Å². The second-order valence-electron chi connectivity index (χ2n) is 2.49. The minimum atomic E-state index is 0.599. The lowest BCUT2D eigenvalue weighted by atomic mass is 10.2. The number of ether oxygens (including phenoxy) is 1. The molecule has 0 unspecified atom stereocenters. The van der Waals surface area contributed by atoms with Crippen LogP contribution in [0.25, 0.3) is 6.08 Å². The van der Waals surface area contributed by atoms with Gasteiger partial charge in [-0.2, -0.15) is 0 Å². The zero-order valence-electron chi connectivity index (χ0n) is 7.24. The van der Waals surface area contributed by atoms with Gasteiger partial charge in [-0.25, -0.2) is 4.98 Å². The number of methoxy groups -OCH3 is 1. The third-order valence-electron chi connectivity index (χ3n) is 1.38. The molecule has 1 aromatic rings. The third-order valence-corrected chi connectivity index (χ3v) is 1.38. The maximum Gasteiger partial charge on any atom is 0.220 e. The number of nitrogens with two attached hydrogens (primary N) is 1. The van der Waals surface area contributed by atoms with Gasteiger partial charge in [0.2, 0.25) is 5.88 Å². The van der Waals surface area contributed by atoms with Gasteiger partial charge in [-0.15, -0.1) is 0 Å². The molecular formula is C9H12N2O. The number of nitrogens with zero attached hydrogens (tertiary/aromatic N) is 1. The van der Waals surface area contributed by atoms with Crippen LogP contribution >= 0.6 is 0 Å². The molecule has 3 nitrogen and oxygen atoms in total. The minimum Gasteiger partial charge on any atom is -0.481 e. The van der Waals surface area contributed by atoms with Crippen LogP contribution in [0.2, 0.25) is 0 Å². The highest BCUT2D eigenvalue weighted by molar-refractivity contribution is 5.56. The molecule has 2 N–H and O–H groups in total. The van der Waals surface area contributed by atoms with E-state index >= 15 is 0 Å². The van der Waals surface area contributed by atoms with Crippen molar-refractivity contribution in [3.05, 3.63) is 29.6 Å². The average molecular weight is 164 g/mol. The largest absolute Gasteiger partial charge is 0.481 e. The van der Waals surface area contributed by atoms with Crippen LogP contribution in [-0.4, -0.2) is 12.1 Å². The predicted molar refractivity (Wildman–Crippen MR) is 48.6 cm³/mol. The lowest BCUT2D eigenvalue weighted by Crippen LogP contribution is -1.93. The second-order valence-corrected chi connectivity index (χ2v) is 2.49. The molecule has 0 fully saturated rings. The highest BCUT2D eigenvalue weighted by Crippen LogP contribution is 2.15. The van der Waals surface area contributed by atoms with Gasteiger partial charge in [0.1, 0.15) is 0 Å². The number of pyridine rings is 1. The van der Waals surface area contributed by atoms with Gasteiger partial charge >= 0.3 is 0 Å². The summed E-state index contributed by atoms with van der Waals surface area (Å²) in [5.74, 6) is 0.599. The normalized spacial score (nSPS) is 11.3. The zero-order valence-corrected chi connectivity index (χ0v) is 7.24. The van der Waals surface area contributed by atoms with Crippen molar-refractivity contribution < 1.29 is 4.74 Å². The van der Waals surface area contributed by atoms with Crippen LogP contribution < -0.4 is 10.5 Å². The summed E-state index contributed by atoms with van der Waals surface area (Å²) in [6, 6.07) is 3.75. The first-order valence-electron chi connectivity index (χ1n) is 3.67. The molecule has 1 aromatic heterocycles. The molecule has 1 heterocycles. The molecular weight excluding hydrogens is 152 g/mol. The summed E-state index contributed by atoms with van der Waals surface area (Å²) >= 11 is 0. The Kier molecular flexibility index (Phi) is 2.69. The first-order chi connectivity index (χ1) is 5.74. The lowest BCUT2D eigenvalue weighted by molar-refractivity contribution is 0.397. The highest BCUT2D eigenvalue weighted by atomic mass is 16.5. The molecule has 12 heavy (non-hydrogen) atoms. The summed E-state index contributed by atoms with van der Waals surface area (Å²) in [4.78, 5) is 4.03. The fraction of sp³-hybridized carbons (Fsp3) is 0.222. The summed E-state index contributed by atoms with van der Waals surface area (Å²) in [7, 11) is 1.59. The maximum absolute atomic E-state index is 5.53. The number of aromatic nitrogens is 1. The Hall–Kier alpha value is -1.51. The van der Waals surface area contributed by atoms with Crippen molar-refractivity contribution in [2.24, 2.45) is 5.73 Å². The van der Waals surface area contributed by atoms with E-state index in [1.54, 1.807) is 13.3 Å². The molecule has 0 radical (unpaired) electrons. The number of rotatable bonds is 2. The van der Waals surface area contributed by atoms with Crippen LogP contribution in [0.3, 0.4) is 0 Å². The molecule has 0 aliphatic carbocycles. The molecule has 0 saturated heterocycles. The molecule has 3 heteroatoms. The zero-order chi connectivity index (χ0) is 8.97. The summed E-state index contributed by atoms with van der Waals surface area (Å²) < 4.78 is 5.03. The Morgan fingerprint density at radius 1 is 1.67 bits per heavy atom. The summed E-state index contributed by atoms with van der Waals surface area (Å²) in [6.07, 6.45) is 3.51. The van der Waals surface area contributed by atoms with Gasteiger partial charge in [-0.05, 0) is 25.1 Å². The fourth-order valence-corrected chi connectivity index (χ4v) is 0.929. The fourth-order valence-electron chi connectivity index (χ4n) is 0.929. The molecule has 0 atom stereocenters. The topological polar surface area (TPSA) is 48.1 Å². The van der Waals surface area contributed by atoms with E-state index in [1.807, 2.05) is 25.1 Å². The van der Waals surface area contributed by atoms with Crippen molar-refractivity contribution in [2.45, 2.75) is 6.92 Å². The third kappa shape index (κ3) is 1.99. The van der Waals surface area contributed by atoms with Crippen molar-refractivity contribution in [3.63, 3.8) is 0 Å². The van der Waals surface area contributed by atoms with Gasteiger partial charge in [-0.3, -0.25) is 0 Å². The van der Waals surface area contributed by atoms with Crippen LogP contribution in [0.1, 0.15) is 12.5 Å². The van der Waals surface area contributed by atoms with Crippen LogP contribution in [0, 0.1) is 0 Å². The van der Waals surface area contributed by atoms with E-state index < -0.39 is 0 Å². The molecule has 1 rings (SSSR count). The van der Waals surface area contributed by atoms with Gasteiger partial charge in [-0.1, -0.05) is 0 Å². The first-order valence-corrected chi connectivity index (χ1v) is 3.67. The van der Waals surface area contributed by atoms with Gasteiger partial charge < -0.3 is 10.5 Å². The first kappa shape index (κ1) is 8.59. The highest BCUT2D eigenvalue weighted by Gasteiger charge is 1.98. The molecule has 0 aliphatic heterocycles. The number of allylic oxidation sites excluding steroid dienone is 1. The van der Waals surface area contributed by atoms with Crippen LogP contribution in [-0.2, 0) is 0 Å². The Labute approximate surface area is 71.9 Å². The van der Waals surface area contributed by atoms with Gasteiger partial charge in [0.15, 0.2) is 0 Å². The van der Waals surface area contributed by atoms with E-state index in [4.69, 9.17) is 10.5 Å². The lowest BCUT2D eigenvalue weighted by Gasteiger charge is -2.02. The van der Waals surface area contributed by atoms with Gasteiger partial charge in [0.25, 0.3) is 0 Å². The second kappa shape index (κ2) is 3.76. The van der Waals surface area contributed by atoms with Gasteiger partial charge in [0, 0.05) is 17.5 Å². The maximum atomic E-state index is 5.53. The quantitative estimate of drug-likeness (QED) is 0.718. The van der Waals surface area contributed by atoms with Gasteiger partial charge in [0.05, 0.1) is 7.11 Å². The molecule has 64 valence electrons. The van der Waals surface area contributed by atoms with E-state index in [9.17, 15) is 0 Å². The van der Waals surface area contributed by atoms with Crippen molar-refractivity contribution in [2.75, 3.05) is 7.11 Å². The molecule has 0 amide bonds. The van der Waals surface area contributed by atoms with E-state index in [0.29, 0.717) is 5.88 Å². The van der Waals surface area contributed by atoms with Crippen molar-refractivity contribution in [1.82, 2.24) is 4.98 Å².